The first kappa shape index (κ1) is 26.8. The van der Waals surface area contributed by atoms with E-state index in [4.69, 9.17) is 19.9 Å². The first-order chi connectivity index (χ1) is 19.4. The summed E-state index contributed by atoms with van der Waals surface area (Å²) in [6, 6.07) is 20.4. The third kappa shape index (κ3) is 5.91. The minimum Gasteiger partial charge on any atom is -0.465 e. The number of nitrogens with two attached hydrogens (primary N) is 1. The molecule has 2 heterocycles. The normalized spacial score (nSPS) is 14.6. The van der Waals surface area contributed by atoms with Crippen molar-refractivity contribution in [1.29, 1.82) is 0 Å². The minimum atomic E-state index is -2.89. The summed E-state index contributed by atoms with van der Waals surface area (Å²) in [5.74, 6) is -0.490. The van der Waals surface area contributed by atoms with Gasteiger partial charge < -0.3 is 24.8 Å². The molecule has 206 valence electrons. The first-order valence-electron chi connectivity index (χ1n) is 12.4. The molecule has 1 aliphatic rings. The number of esters is 1. The molecule has 0 spiro atoms. The Morgan fingerprint density at radius 3 is 2.30 bits per heavy atom. The average molecular weight is 549 g/mol. The van der Waals surface area contributed by atoms with Crippen molar-refractivity contribution in [1.82, 2.24) is 14.6 Å². The molecule has 2 N–H and O–H groups in total. The number of hydrogen-bond acceptors (Lipinski definition) is 6. The summed E-state index contributed by atoms with van der Waals surface area (Å²) in [7, 11) is 1.33. The molecular formula is C28H26F2N6O4. The van der Waals surface area contributed by atoms with Gasteiger partial charge in [0.25, 0.3) is 6.43 Å². The number of imidazole rings is 1. The van der Waals surface area contributed by atoms with Crippen LogP contribution in [0.4, 0.5) is 8.78 Å². The van der Waals surface area contributed by atoms with Crippen LogP contribution in [0.25, 0.3) is 22.2 Å². The number of guanidine groups is 1. The number of halogens is 2. The van der Waals surface area contributed by atoms with Gasteiger partial charge in [0.15, 0.2) is 5.82 Å². The molecule has 1 aromatic heterocycles. The molecule has 4 aromatic rings. The number of morpholine rings is 1. The van der Waals surface area contributed by atoms with Gasteiger partial charge in [-0.3, -0.25) is 0 Å². The lowest BCUT2D eigenvalue weighted by atomic mass is 10.0. The van der Waals surface area contributed by atoms with Gasteiger partial charge in [0.05, 0.1) is 36.9 Å². The Morgan fingerprint density at radius 1 is 1.00 bits per heavy atom. The van der Waals surface area contributed by atoms with Crippen LogP contribution in [0.5, 0.6) is 5.75 Å². The number of ether oxygens (including phenoxy) is 3. The van der Waals surface area contributed by atoms with Crippen LogP contribution >= 0.6 is 0 Å². The summed E-state index contributed by atoms with van der Waals surface area (Å²) in [5.41, 5.74) is 9.13. The van der Waals surface area contributed by atoms with E-state index in [1.165, 1.54) is 7.11 Å². The fraction of sp³-hybridized carbons (Fsp3) is 0.214. The quantitative estimate of drug-likeness (QED) is 0.225. The second-order valence-electron chi connectivity index (χ2n) is 8.72. The maximum Gasteiger partial charge on any atom is 0.343 e. The third-order valence-electron chi connectivity index (χ3n) is 6.19. The number of nitrogens with zero attached hydrogens (tertiary/aromatic N) is 5. The number of hydrogen-bond donors (Lipinski definition) is 1. The molecule has 0 amide bonds. The minimum absolute atomic E-state index is 0.118. The van der Waals surface area contributed by atoms with Crippen LogP contribution in [0.2, 0.25) is 0 Å². The maximum absolute atomic E-state index is 13.9. The fourth-order valence-electron chi connectivity index (χ4n) is 4.13. The van der Waals surface area contributed by atoms with E-state index in [1.807, 2.05) is 12.1 Å². The van der Waals surface area contributed by atoms with Gasteiger partial charge in [-0.25, -0.2) is 23.2 Å². The van der Waals surface area contributed by atoms with Crippen LogP contribution in [0.15, 0.2) is 82.9 Å². The van der Waals surface area contributed by atoms with Gasteiger partial charge in [-0.15, -0.1) is 5.10 Å². The number of benzene rings is 3. The van der Waals surface area contributed by atoms with E-state index in [0.717, 1.165) is 15.8 Å². The predicted octanol–water partition coefficient (Wildman–Crippen LogP) is 4.27. The number of fused-ring (bicyclic) bond motifs is 1. The molecule has 5 rings (SSSR count). The Kier molecular flexibility index (Phi) is 7.97. The van der Waals surface area contributed by atoms with Crippen molar-refractivity contribution in [2.45, 2.75) is 6.43 Å². The second kappa shape index (κ2) is 11.9. The van der Waals surface area contributed by atoms with Gasteiger partial charge in [0, 0.05) is 13.1 Å². The molecule has 0 atom stereocenters. The van der Waals surface area contributed by atoms with E-state index < -0.39 is 18.2 Å². The Hall–Kier alpha value is -4.84. The Labute approximate surface area is 228 Å². The second-order valence-corrected chi connectivity index (χ2v) is 8.72. The van der Waals surface area contributed by atoms with Crippen molar-refractivity contribution < 1.29 is 27.8 Å². The summed E-state index contributed by atoms with van der Waals surface area (Å²) < 4.78 is 44.9. The van der Waals surface area contributed by atoms with E-state index in [9.17, 15) is 13.6 Å². The highest BCUT2D eigenvalue weighted by Crippen LogP contribution is 2.26. The van der Waals surface area contributed by atoms with E-state index in [1.54, 1.807) is 65.6 Å². The summed E-state index contributed by atoms with van der Waals surface area (Å²) in [6.45, 7) is 1.99. The van der Waals surface area contributed by atoms with Gasteiger partial charge >= 0.3 is 12.0 Å². The van der Waals surface area contributed by atoms with E-state index in [0.29, 0.717) is 48.6 Å². The van der Waals surface area contributed by atoms with E-state index in [2.05, 4.69) is 15.1 Å². The molecule has 0 saturated carbocycles. The Morgan fingerprint density at radius 2 is 1.65 bits per heavy atom. The molecule has 10 nitrogen and oxygen atoms in total. The lowest BCUT2D eigenvalue weighted by molar-refractivity contribution is 0.0600. The number of carbonyl (C=O) groups excluding carboxylic acids is 1. The lowest BCUT2D eigenvalue weighted by Crippen LogP contribution is -2.45. The van der Waals surface area contributed by atoms with Crippen molar-refractivity contribution in [2.24, 2.45) is 15.8 Å². The number of rotatable bonds is 5. The Balaban J connectivity index is 1.48. The fourth-order valence-corrected chi connectivity index (χ4v) is 4.13. The number of carbonyl (C=O) groups is 1. The maximum atomic E-state index is 13.9. The SMILES string of the molecule is COC(=O)c1ccc(-c2ccc(OC(=Nn3c(C(F)F)nc4ccccc43)N=C(N)N3CCOCC3)cc2)cc1. The Bertz CT molecular complexity index is 1550. The van der Waals surface area contributed by atoms with Gasteiger partial charge in [-0.05, 0) is 47.5 Å². The molecule has 1 fully saturated rings. The van der Waals surface area contributed by atoms with Gasteiger partial charge in [-0.2, -0.15) is 4.99 Å². The number of amidine groups is 1. The van der Waals surface area contributed by atoms with Gasteiger partial charge in [-0.1, -0.05) is 36.4 Å². The molecular weight excluding hydrogens is 522 g/mol. The molecule has 40 heavy (non-hydrogen) atoms. The predicted molar refractivity (Wildman–Crippen MR) is 145 cm³/mol. The average Bonchev–Trinajstić information content (AvgIpc) is 3.36. The highest BCUT2D eigenvalue weighted by Gasteiger charge is 2.21. The van der Waals surface area contributed by atoms with Crippen molar-refractivity contribution in [3.8, 4) is 16.9 Å². The zero-order valence-corrected chi connectivity index (χ0v) is 21.5. The molecule has 1 aliphatic heterocycles. The molecule has 12 heteroatoms. The number of methoxy groups -OCH3 is 1. The summed E-state index contributed by atoms with van der Waals surface area (Å²) in [5, 5.41) is 4.31. The van der Waals surface area contributed by atoms with Crippen LogP contribution < -0.4 is 10.5 Å². The van der Waals surface area contributed by atoms with Crippen molar-refractivity contribution in [2.75, 3.05) is 33.4 Å². The zero-order chi connectivity index (χ0) is 28.1. The summed E-state index contributed by atoms with van der Waals surface area (Å²) in [4.78, 5) is 21.9. The highest BCUT2D eigenvalue weighted by molar-refractivity contribution is 5.93. The zero-order valence-electron chi connectivity index (χ0n) is 21.5. The molecule has 0 aliphatic carbocycles. The number of aliphatic imine (C=N–C) groups is 1. The van der Waals surface area contributed by atoms with Crippen LogP contribution in [-0.4, -0.2) is 65.9 Å². The smallest absolute Gasteiger partial charge is 0.343 e. The topological polar surface area (TPSA) is 117 Å². The molecule has 0 radical (unpaired) electrons. The molecule has 0 unspecified atom stereocenters. The van der Waals surface area contributed by atoms with Crippen LogP contribution in [-0.2, 0) is 9.47 Å². The van der Waals surface area contributed by atoms with E-state index >= 15 is 0 Å². The van der Waals surface area contributed by atoms with Crippen molar-refractivity contribution >= 4 is 29.0 Å². The highest BCUT2D eigenvalue weighted by atomic mass is 19.3. The van der Waals surface area contributed by atoms with Gasteiger partial charge in [0.1, 0.15) is 5.75 Å². The number of alkyl halides is 2. The van der Waals surface area contributed by atoms with Crippen molar-refractivity contribution in [3.05, 3.63) is 84.2 Å². The standard InChI is InChI=1S/C28H26F2N6O4/c1-38-26(37)20-8-6-18(7-9-20)19-10-12-21(13-11-19)40-28(33-27(31)35-14-16-39-17-15-35)34-36-23-5-3-2-4-22(23)32-25(36)24(29)30/h2-13,24H,14-17H2,1H3,(H2,31,33,34). The largest absolute Gasteiger partial charge is 0.465 e. The molecule has 0 bridgehead atoms. The lowest BCUT2D eigenvalue weighted by Gasteiger charge is -2.27. The molecule has 1 saturated heterocycles. The van der Waals surface area contributed by atoms with Crippen LogP contribution in [0, 0.1) is 0 Å². The third-order valence-corrected chi connectivity index (χ3v) is 6.19. The first-order valence-corrected chi connectivity index (χ1v) is 12.4. The summed E-state index contributed by atoms with van der Waals surface area (Å²) in [6.07, 6.45) is -2.89. The summed E-state index contributed by atoms with van der Waals surface area (Å²) >= 11 is 0. The monoisotopic (exact) mass is 548 g/mol. The van der Waals surface area contributed by atoms with Crippen LogP contribution in [0.3, 0.4) is 0 Å². The van der Waals surface area contributed by atoms with Crippen LogP contribution in [0.1, 0.15) is 22.6 Å². The molecule has 3 aromatic carbocycles. The van der Waals surface area contributed by atoms with Gasteiger partial charge in [0.2, 0.25) is 5.96 Å². The number of para-hydroxylation sites is 2. The van der Waals surface area contributed by atoms with Crippen molar-refractivity contribution in [3.63, 3.8) is 0 Å². The number of aromatic nitrogens is 2. The van der Waals surface area contributed by atoms with E-state index in [-0.39, 0.29) is 12.0 Å².